The third-order valence-corrected chi connectivity index (χ3v) is 1.59. The Kier molecular flexibility index (Phi) is 7.23. The van der Waals surface area contributed by atoms with E-state index in [2.05, 4.69) is 29.7 Å². The van der Waals surface area contributed by atoms with Crippen molar-refractivity contribution in [2.24, 2.45) is 0 Å². The van der Waals surface area contributed by atoms with Gasteiger partial charge in [0.15, 0.2) is 0 Å². The fourth-order valence-corrected chi connectivity index (χ4v) is 0.884. The molecule has 1 aromatic rings. The van der Waals surface area contributed by atoms with Crippen LogP contribution in [0.1, 0.15) is 12.5 Å². The number of amides is 1. The van der Waals surface area contributed by atoms with E-state index in [-0.39, 0.29) is 0 Å². The Balaban J connectivity index is 0.000000292. The summed E-state index contributed by atoms with van der Waals surface area (Å²) in [5.74, 6) is 0. The topological polar surface area (TPSA) is 41.1 Å². The third-order valence-electron chi connectivity index (χ3n) is 1.59. The number of aryl methyl sites for hydroxylation is 1. The molecule has 3 nitrogen and oxygen atoms in total. The van der Waals surface area contributed by atoms with Crippen LogP contribution in [0.25, 0.3) is 0 Å². The maximum atomic E-state index is 9.29. The third kappa shape index (κ3) is 6.06. The van der Waals surface area contributed by atoms with Crippen LogP contribution in [0.2, 0.25) is 0 Å². The lowest BCUT2D eigenvalue weighted by Gasteiger charge is -1.98. The zero-order valence-electron chi connectivity index (χ0n) is 9.00. The molecule has 0 saturated heterocycles. The number of benzene rings is 1. The molecule has 0 unspecified atom stereocenters. The molecule has 0 aliphatic heterocycles. The van der Waals surface area contributed by atoms with Crippen molar-refractivity contribution in [1.82, 2.24) is 5.32 Å². The molecular formula is C11H18N2O. The van der Waals surface area contributed by atoms with Crippen LogP contribution in [0.15, 0.2) is 24.3 Å². The predicted octanol–water partition coefficient (Wildman–Crippen LogP) is 1.79. The summed E-state index contributed by atoms with van der Waals surface area (Å²) in [7, 11) is 1.93. The van der Waals surface area contributed by atoms with E-state index >= 15 is 0 Å². The zero-order chi connectivity index (χ0) is 10.8. The van der Waals surface area contributed by atoms with Crippen molar-refractivity contribution >= 4 is 12.1 Å². The molecule has 0 bridgehead atoms. The summed E-state index contributed by atoms with van der Waals surface area (Å²) in [6, 6.07) is 8.29. The minimum Gasteiger partial charge on any atom is -0.388 e. The Morgan fingerprint density at radius 1 is 1.43 bits per heavy atom. The first-order valence-corrected chi connectivity index (χ1v) is 4.66. The quantitative estimate of drug-likeness (QED) is 0.720. The number of nitrogens with one attached hydrogen (secondary N) is 2. The molecule has 0 aliphatic rings. The number of anilines is 1. The van der Waals surface area contributed by atoms with Crippen LogP contribution in [0, 0.1) is 6.92 Å². The fraction of sp³-hybridized carbons (Fsp3) is 0.364. The summed E-state index contributed by atoms with van der Waals surface area (Å²) in [6.07, 6.45) is 0.681. The molecule has 0 spiro atoms. The van der Waals surface area contributed by atoms with Gasteiger partial charge < -0.3 is 10.6 Å². The van der Waals surface area contributed by atoms with Crippen molar-refractivity contribution in [2.75, 3.05) is 18.9 Å². The lowest BCUT2D eigenvalue weighted by Crippen LogP contribution is -2.07. The van der Waals surface area contributed by atoms with Gasteiger partial charge in [-0.15, -0.1) is 0 Å². The molecule has 0 atom stereocenters. The van der Waals surface area contributed by atoms with Gasteiger partial charge in [0, 0.05) is 19.3 Å². The smallest absolute Gasteiger partial charge is 0.207 e. The van der Waals surface area contributed by atoms with Crippen LogP contribution < -0.4 is 10.6 Å². The zero-order valence-corrected chi connectivity index (χ0v) is 9.00. The van der Waals surface area contributed by atoms with Gasteiger partial charge in [0.25, 0.3) is 0 Å². The van der Waals surface area contributed by atoms with Crippen LogP contribution in [0.4, 0.5) is 5.69 Å². The van der Waals surface area contributed by atoms with E-state index in [0.29, 0.717) is 6.41 Å². The van der Waals surface area contributed by atoms with Crippen molar-refractivity contribution in [3.05, 3.63) is 29.8 Å². The van der Waals surface area contributed by atoms with Gasteiger partial charge >= 0.3 is 0 Å². The van der Waals surface area contributed by atoms with Crippen LogP contribution in [-0.4, -0.2) is 20.0 Å². The van der Waals surface area contributed by atoms with Crippen molar-refractivity contribution in [1.29, 1.82) is 0 Å². The summed E-state index contributed by atoms with van der Waals surface area (Å²) in [5, 5.41) is 5.50. The van der Waals surface area contributed by atoms with Crippen LogP contribution in [-0.2, 0) is 4.79 Å². The highest BCUT2D eigenvalue weighted by Gasteiger charge is 1.84. The van der Waals surface area contributed by atoms with Gasteiger partial charge in [-0.05, 0) is 31.5 Å². The monoisotopic (exact) mass is 194 g/mol. The van der Waals surface area contributed by atoms with Gasteiger partial charge in [-0.3, -0.25) is 4.79 Å². The first-order valence-electron chi connectivity index (χ1n) is 4.66. The van der Waals surface area contributed by atoms with Crippen molar-refractivity contribution < 1.29 is 4.79 Å². The van der Waals surface area contributed by atoms with Crippen molar-refractivity contribution in [3.63, 3.8) is 0 Å². The SMILES string of the molecule is CCNC=O.CNc1cccc(C)c1. The van der Waals surface area contributed by atoms with Gasteiger partial charge in [-0.2, -0.15) is 0 Å². The van der Waals surface area contributed by atoms with E-state index in [1.54, 1.807) is 0 Å². The second-order valence-corrected chi connectivity index (χ2v) is 2.80. The van der Waals surface area contributed by atoms with E-state index in [9.17, 15) is 4.79 Å². The van der Waals surface area contributed by atoms with Crippen LogP contribution in [0.5, 0.6) is 0 Å². The molecule has 1 rings (SSSR count). The minimum absolute atomic E-state index is 0.681. The summed E-state index contributed by atoms with van der Waals surface area (Å²) in [6.45, 7) is 4.68. The van der Waals surface area contributed by atoms with Crippen molar-refractivity contribution in [3.8, 4) is 0 Å². The molecule has 0 radical (unpaired) electrons. The maximum absolute atomic E-state index is 9.29. The van der Waals surface area contributed by atoms with E-state index < -0.39 is 0 Å². The molecular weight excluding hydrogens is 176 g/mol. The van der Waals surface area contributed by atoms with E-state index in [1.165, 1.54) is 11.3 Å². The fourth-order valence-electron chi connectivity index (χ4n) is 0.884. The molecule has 0 heterocycles. The van der Waals surface area contributed by atoms with Crippen LogP contribution in [0.3, 0.4) is 0 Å². The number of hydrogen-bond acceptors (Lipinski definition) is 2. The summed E-state index contributed by atoms with van der Waals surface area (Å²) in [4.78, 5) is 9.29. The van der Waals surface area contributed by atoms with Gasteiger partial charge in [-0.1, -0.05) is 12.1 Å². The normalized spacial score (nSPS) is 8.21. The standard InChI is InChI=1S/C8H11N.C3H7NO/c1-7-4-3-5-8(6-7)9-2;1-2-4-3-5/h3-6,9H,1-2H3;3H,2H2,1H3,(H,4,5). The average Bonchev–Trinajstić information content (AvgIpc) is 2.20. The van der Waals surface area contributed by atoms with E-state index in [1.807, 2.05) is 26.1 Å². The van der Waals surface area contributed by atoms with Crippen LogP contribution >= 0.6 is 0 Å². The van der Waals surface area contributed by atoms with E-state index in [4.69, 9.17) is 0 Å². The molecule has 14 heavy (non-hydrogen) atoms. The summed E-state index contributed by atoms with van der Waals surface area (Å²) >= 11 is 0. The number of carbonyl (C=O) groups is 1. The molecule has 78 valence electrons. The molecule has 2 N–H and O–H groups in total. The van der Waals surface area contributed by atoms with Crippen molar-refractivity contribution in [2.45, 2.75) is 13.8 Å². The summed E-state index contributed by atoms with van der Waals surface area (Å²) < 4.78 is 0. The Hall–Kier alpha value is -1.51. The molecule has 1 amide bonds. The number of carbonyl (C=O) groups excluding carboxylic acids is 1. The number of hydrogen-bond donors (Lipinski definition) is 2. The molecule has 3 heteroatoms. The lowest BCUT2D eigenvalue weighted by molar-refractivity contribution is -0.109. The lowest BCUT2D eigenvalue weighted by atomic mass is 10.2. The van der Waals surface area contributed by atoms with Gasteiger partial charge in [0.1, 0.15) is 0 Å². The second kappa shape index (κ2) is 8.10. The molecule has 0 saturated carbocycles. The number of rotatable bonds is 3. The first kappa shape index (κ1) is 12.5. The molecule has 0 aromatic heterocycles. The Morgan fingerprint density at radius 3 is 2.43 bits per heavy atom. The summed E-state index contributed by atoms with van der Waals surface area (Å²) in [5.41, 5.74) is 2.47. The van der Waals surface area contributed by atoms with Gasteiger partial charge in [0.2, 0.25) is 6.41 Å². The largest absolute Gasteiger partial charge is 0.388 e. The highest BCUT2D eigenvalue weighted by molar-refractivity contribution is 5.45. The van der Waals surface area contributed by atoms with Gasteiger partial charge in [0.05, 0.1) is 0 Å². The van der Waals surface area contributed by atoms with E-state index in [0.717, 1.165) is 6.54 Å². The van der Waals surface area contributed by atoms with Gasteiger partial charge in [-0.25, -0.2) is 0 Å². The predicted molar refractivity (Wildman–Crippen MR) is 60.5 cm³/mol. The maximum Gasteiger partial charge on any atom is 0.207 e. The highest BCUT2D eigenvalue weighted by atomic mass is 16.1. The Bertz CT molecular complexity index is 261. The second-order valence-electron chi connectivity index (χ2n) is 2.80. The highest BCUT2D eigenvalue weighted by Crippen LogP contribution is 2.07. The first-order chi connectivity index (χ1) is 6.74. The average molecular weight is 194 g/mol. The molecule has 1 aromatic carbocycles. The minimum atomic E-state index is 0.681. The Morgan fingerprint density at radius 2 is 2.14 bits per heavy atom. The molecule has 0 aliphatic carbocycles. The Labute approximate surface area is 85.5 Å². The molecule has 0 fully saturated rings.